The minimum atomic E-state index is -3.65. The first-order chi connectivity index (χ1) is 9.92. The van der Waals surface area contributed by atoms with Crippen LogP contribution in [0.25, 0.3) is 0 Å². The lowest BCUT2D eigenvalue weighted by Gasteiger charge is -2.06. The zero-order chi connectivity index (χ0) is 15.5. The molecule has 114 valence electrons. The molecule has 2 rings (SSSR count). The van der Waals surface area contributed by atoms with E-state index in [2.05, 4.69) is 9.82 Å². The molecule has 0 saturated heterocycles. The van der Waals surface area contributed by atoms with E-state index in [0.29, 0.717) is 18.0 Å². The van der Waals surface area contributed by atoms with Crippen LogP contribution in [0.3, 0.4) is 0 Å². The third kappa shape index (κ3) is 3.96. The van der Waals surface area contributed by atoms with Crippen LogP contribution in [0, 0.1) is 0 Å². The molecule has 0 saturated carbocycles. The van der Waals surface area contributed by atoms with E-state index < -0.39 is 10.0 Å². The van der Waals surface area contributed by atoms with Gasteiger partial charge in [0.15, 0.2) is 5.82 Å². The largest absolute Gasteiger partial charge is 0.381 e. The molecule has 0 atom stereocenters. The molecule has 0 unspecified atom stereocenters. The summed E-state index contributed by atoms with van der Waals surface area (Å²) in [5.74, 6) is 0.00658. The monoisotopic (exact) mass is 328 g/mol. The van der Waals surface area contributed by atoms with Gasteiger partial charge in [0.05, 0.1) is 0 Å². The molecule has 0 radical (unpaired) electrons. The number of nitrogens with zero attached hydrogens (tertiary/aromatic N) is 2. The van der Waals surface area contributed by atoms with Gasteiger partial charge in [-0.25, -0.2) is 13.1 Å². The van der Waals surface area contributed by atoms with Crippen molar-refractivity contribution in [3.8, 4) is 0 Å². The van der Waals surface area contributed by atoms with Crippen molar-refractivity contribution < 1.29 is 8.42 Å². The zero-order valence-electron chi connectivity index (χ0n) is 11.6. The van der Waals surface area contributed by atoms with Gasteiger partial charge in [-0.2, -0.15) is 5.10 Å². The molecule has 1 aromatic heterocycles. The molecule has 0 bridgehead atoms. The molecule has 0 aliphatic rings. The number of nitrogens with two attached hydrogens (primary N) is 1. The molecule has 1 heterocycles. The van der Waals surface area contributed by atoms with E-state index in [1.165, 1.54) is 10.9 Å². The molecule has 0 amide bonds. The van der Waals surface area contributed by atoms with Crippen LogP contribution in [0.1, 0.15) is 12.5 Å². The lowest BCUT2D eigenvalue weighted by atomic mass is 10.2. The van der Waals surface area contributed by atoms with Crippen LogP contribution in [-0.2, 0) is 23.0 Å². The highest BCUT2D eigenvalue weighted by atomic mass is 35.5. The van der Waals surface area contributed by atoms with Crippen LogP contribution in [0.4, 0.5) is 5.82 Å². The Bertz CT molecular complexity index is 728. The molecule has 2 aromatic rings. The van der Waals surface area contributed by atoms with Crippen molar-refractivity contribution in [3.05, 3.63) is 41.0 Å². The molecule has 0 aliphatic carbocycles. The van der Waals surface area contributed by atoms with E-state index in [1.54, 1.807) is 12.1 Å². The predicted molar refractivity (Wildman–Crippen MR) is 82.7 cm³/mol. The second-order valence-electron chi connectivity index (χ2n) is 4.51. The molecule has 1 aromatic carbocycles. The van der Waals surface area contributed by atoms with E-state index in [9.17, 15) is 8.42 Å². The fourth-order valence-corrected chi connectivity index (χ4v) is 3.20. The van der Waals surface area contributed by atoms with Crippen molar-refractivity contribution in [1.82, 2.24) is 14.5 Å². The highest BCUT2D eigenvalue weighted by molar-refractivity contribution is 7.89. The van der Waals surface area contributed by atoms with Crippen LogP contribution in [0.2, 0.25) is 5.02 Å². The molecular weight excluding hydrogens is 312 g/mol. The van der Waals surface area contributed by atoms with Gasteiger partial charge >= 0.3 is 0 Å². The van der Waals surface area contributed by atoms with Gasteiger partial charge in [-0.3, -0.25) is 4.68 Å². The number of hydrogen-bond acceptors (Lipinski definition) is 4. The van der Waals surface area contributed by atoms with Gasteiger partial charge in [-0.15, -0.1) is 0 Å². The fraction of sp³-hybridized carbons (Fsp3) is 0.308. The minimum absolute atomic E-state index is 0.00658. The maximum Gasteiger partial charge on any atom is 0.245 e. The normalized spacial score (nSPS) is 11.7. The number of nitrogen functional groups attached to an aromatic ring is 1. The van der Waals surface area contributed by atoms with Gasteiger partial charge in [0.2, 0.25) is 10.0 Å². The number of sulfonamides is 1. The van der Waals surface area contributed by atoms with Gasteiger partial charge in [0, 0.05) is 24.3 Å². The van der Waals surface area contributed by atoms with Gasteiger partial charge in [-0.05, 0) is 31.0 Å². The Morgan fingerprint density at radius 2 is 2.19 bits per heavy atom. The number of aryl methyl sites for hydroxylation is 1. The second-order valence-corrected chi connectivity index (χ2v) is 6.68. The lowest BCUT2D eigenvalue weighted by Crippen LogP contribution is -2.26. The summed E-state index contributed by atoms with van der Waals surface area (Å²) in [5, 5.41) is 4.56. The molecule has 0 fully saturated rings. The van der Waals surface area contributed by atoms with Crippen LogP contribution in [-0.4, -0.2) is 24.7 Å². The zero-order valence-corrected chi connectivity index (χ0v) is 13.2. The van der Waals surface area contributed by atoms with Crippen molar-refractivity contribution in [2.45, 2.75) is 24.8 Å². The summed E-state index contributed by atoms with van der Waals surface area (Å²) in [7, 11) is -3.65. The Labute approximate surface area is 129 Å². The summed E-state index contributed by atoms with van der Waals surface area (Å²) in [6.45, 7) is 2.68. The van der Waals surface area contributed by atoms with Crippen LogP contribution >= 0.6 is 11.6 Å². The lowest BCUT2D eigenvalue weighted by molar-refractivity contribution is 0.581. The fourth-order valence-electron chi connectivity index (χ4n) is 1.89. The summed E-state index contributed by atoms with van der Waals surface area (Å²) in [5.41, 5.74) is 6.60. The summed E-state index contributed by atoms with van der Waals surface area (Å²) < 4.78 is 28.3. The topological polar surface area (TPSA) is 90.0 Å². The molecular formula is C13H17ClN4O2S. The van der Waals surface area contributed by atoms with Crippen molar-refractivity contribution in [1.29, 1.82) is 0 Å². The average molecular weight is 329 g/mol. The predicted octanol–water partition coefficient (Wildman–Crippen LogP) is 1.66. The second kappa shape index (κ2) is 6.46. The maximum atomic E-state index is 12.2. The van der Waals surface area contributed by atoms with Crippen molar-refractivity contribution in [3.63, 3.8) is 0 Å². The molecule has 0 spiro atoms. The van der Waals surface area contributed by atoms with Crippen LogP contribution in [0.5, 0.6) is 0 Å². The number of anilines is 1. The summed E-state index contributed by atoms with van der Waals surface area (Å²) >= 11 is 5.88. The highest BCUT2D eigenvalue weighted by Crippen LogP contribution is 2.16. The van der Waals surface area contributed by atoms with E-state index in [1.807, 2.05) is 19.1 Å². The van der Waals surface area contributed by atoms with Gasteiger partial charge in [0.1, 0.15) is 4.90 Å². The van der Waals surface area contributed by atoms with Crippen LogP contribution < -0.4 is 10.5 Å². The highest BCUT2D eigenvalue weighted by Gasteiger charge is 2.20. The quantitative estimate of drug-likeness (QED) is 0.843. The summed E-state index contributed by atoms with van der Waals surface area (Å²) in [6.07, 6.45) is 1.97. The summed E-state index contributed by atoms with van der Waals surface area (Å²) in [6, 6.07) is 7.30. The van der Waals surface area contributed by atoms with Crippen LogP contribution in [0.15, 0.2) is 35.4 Å². The first-order valence-corrected chi connectivity index (χ1v) is 8.35. The average Bonchev–Trinajstić information content (AvgIpc) is 2.81. The molecule has 8 heteroatoms. The Morgan fingerprint density at radius 3 is 2.81 bits per heavy atom. The first kappa shape index (κ1) is 15.8. The van der Waals surface area contributed by atoms with Crippen molar-refractivity contribution >= 4 is 27.4 Å². The van der Waals surface area contributed by atoms with E-state index in [4.69, 9.17) is 17.3 Å². The third-order valence-corrected chi connectivity index (χ3v) is 4.68. The van der Waals surface area contributed by atoms with E-state index in [0.717, 1.165) is 5.56 Å². The number of halogens is 1. The Kier molecular flexibility index (Phi) is 4.87. The smallest absolute Gasteiger partial charge is 0.245 e. The standard InChI is InChI=1S/C13H17ClN4O2S/c1-2-18-9-12(13(15)17-18)21(19,20)16-7-6-10-4-3-5-11(14)8-10/h3-5,8-9,16H,2,6-7H2,1H3,(H2,15,17). The number of benzene rings is 1. The van der Waals surface area contributed by atoms with E-state index >= 15 is 0 Å². The Balaban J connectivity index is 2.03. The maximum absolute atomic E-state index is 12.2. The van der Waals surface area contributed by atoms with Gasteiger partial charge in [-0.1, -0.05) is 23.7 Å². The third-order valence-electron chi connectivity index (χ3n) is 2.96. The minimum Gasteiger partial charge on any atom is -0.381 e. The number of nitrogens with one attached hydrogen (secondary N) is 1. The molecule has 6 nitrogen and oxygen atoms in total. The first-order valence-electron chi connectivity index (χ1n) is 6.49. The molecule has 3 N–H and O–H groups in total. The number of hydrogen-bond donors (Lipinski definition) is 2. The van der Waals surface area contributed by atoms with E-state index in [-0.39, 0.29) is 17.3 Å². The van der Waals surface area contributed by atoms with Gasteiger partial charge in [0.25, 0.3) is 0 Å². The molecule has 21 heavy (non-hydrogen) atoms. The Morgan fingerprint density at radius 1 is 1.43 bits per heavy atom. The molecule has 0 aliphatic heterocycles. The number of rotatable bonds is 6. The SMILES string of the molecule is CCn1cc(S(=O)(=O)NCCc2cccc(Cl)c2)c(N)n1. The summed E-state index contributed by atoms with van der Waals surface area (Å²) in [4.78, 5) is 0.00967. The number of aromatic nitrogens is 2. The van der Waals surface area contributed by atoms with Crippen molar-refractivity contribution in [2.75, 3.05) is 12.3 Å². The van der Waals surface area contributed by atoms with Crippen molar-refractivity contribution in [2.24, 2.45) is 0 Å². The Hall–Kier alpha value is -1.57. The van der Waals surface area contributed by atoms with Gasteiger partial charge < -0.3 is 5.73 Å².